The van der Waals surface area contributed by atoms with Gasteiger partial charge < -0.3 is 19.5 Å². The van der Waals surface area contributed by atoms with Crippen molar-refractivity contribution in [2.45, 2.75) is 42.8 Å². The average molecular weight is 574 g/mol. The maximum Gasteiger partial charge on any atom is 0.261 e. The highest BCUT2D eigenvalue weighted by Crippen LogP contribution is 2.38. The minimum absolute atomic E-state index is 0.0209. The fourth-order valence-corrected chi connectivity index (χ4v) is 5.96. The lowest BCUT2D eigenvalue weighted by Crippen LogP contribution is -2.38. The Labute approximate surface area is 241 Å². The lowest BCUT2D eigenvalue weighted by Gasteiger charge is -2.38. The lowest BCUT2D eigenvalue weighted by molar-refractivity contribution is -0.252. The number of aromatic nitrogens is 1. The number of anilines is 1. The van der Waals surface area contributed by atoms with Gasteiger partial charge in [0.1, 0.15) is 0 Å². The van der Waals surface area contributed by atoms with Gasteiger partial charge in [-0.3, -0.25) is 9.71 Å². The molecular weight excluding hydrogens is 538 g/mol. The second kappa shape index (κ2) is 13.4. The van der Waals surface area contributed by atoms with Gasteiger partial charge in [-0.1, -0.05) is 60.7 Å². The third-order valence-corrected chi connectivity index (χ3v) is 8.47. The molecule has 0 amide bonds. The summed E-state index contributed by atoms with van der Waals surface area (Å²) in [6.07, 6.45) is 2.24. The number of nitrogens with zero attached hydrogens (tertiary/aromatic N) is 2. The summed E-state index contributed by atoms with van der Waals surface area (Å²) in [5.41, 5.74) is 4.02. The Kier molecular flexibility index (Phi) is 9.43. The van der Waals surface area contributed by atoms with Crippen molar-refractivity contribution in [2.75, 3.05) is 24.9 Å². The first-order valence-corrected chi connectivity index (χ1v) is 15.1. The number of ether oxygens (including phenoxy) is 2. The molecule has 214 valence electrons. The van der Waals surface area contributed by atoms with E-state index < -0.39 is 16.3 Å². The van der Waals surface area contributed by atoms with E-state index in [4.69, 9.17) is 9.47 Å². The molecule has 3 aromatic carbocycles. The number of hydrogen-bond donors (Lipinski definition) is 2. The maximum atomic E-state index is 12.9. The fraction of sp³-hybridized carbons (Fsp3) is 0.281. The normalized spacial score (nSPS) is 19.2. The van der Waals surface area contributed by atoms with E-state index in [9.17, 15) is 13.5 Å². The molecule has 1 aliphatic rings. The molecule has 41 heavy (non-hydrogen) atoms. The fourth-order valence-electron chi connectivity index (χ4n) is 4.89. The van der Waals surface area contributed by atoms with Crippen molar-refractivity contribution in [3.8, 4) is 0 Å². The Morgan fingerprint density at radius 1 is 0.927 bits per heavy atom. The summed E-state index contributed by atoms with van der Waals surface area (Å²) in [4.78, 5) is 6.85. The second-order valence-corrected chi connectivity index (χ2v) is 11.9. The van der Waals surface area contributed by atoms with Crippen molar-refractivity contribution < 1.29 is 23.0 Å². The van der Waals surface area contributed by atoms with Crippen LogP contribution in [0.5, 0.6) is 0 Å². The van der Waals surface area contributed by atoms with Crippen LogP contribution in [0.15, 0.2) is 108 Å². The Bertz CT molecular complexity index is 1500. The monoisotopic (exact) mass is 573 g/mol. The van der Waals surface area contributed by atoms with Gasteiger partial charge in [0, 0.05) is 49.1 Å². The van der Waals surface area contributed by atoms with E-state index in [1.54, 1.807) is 48.5 Å². The molecular formula is C32H35N3O5S. The standard InChI is InChI=1S/C32H35N3O5S/c1-35(19-17-27-9-5-6-18-33-27)22-29-21-31(25-15-13-24(23-36)14-16-25)40-32(39-29)26-8-7-10-28(20-26)34-41(37,38)30-11-3-2-4-12-30/h2-16,18,20,29,31-32,34,36H,17,19,21-23H2,1H3/t29-,31+,32?/m0/s1. The van der Waals surface area contributed by atoms with Crippen LogP contribution < -0.4 is 4.72 Å². The van der Waals surface area contributed by atoms with Crippen LogP contribution >= 0.6 is 0 Å². The molecule has 1 unspecified atom stereocenters. The molecule has 0 saturated carbocycles. The van der Waals surface area contributed by atoms with Gasteiger partial charge in [-0.25, -0.2) is 8.42 Å². The van der Waals surface area contributed by atoms with Crippen LogP contribution in [0.25, 0.3) is 0 Å². The minimum atomic E-state index is -3.74. The van der Waals surface area contributed by atoms with Crippen molar-refractivity contribution in [3.05, 3.63) is 126 Å². The number of aliphatic hydroxyl groups is 1. The van der Waals surface area contributed by atoms with E-state index in [2.05, 4.69) is 21.7 Å². The zero-order chi connectivity index (χ0) is 28.7. The summed E-state index contributed by atoms with van der Waals surface area (Å²) < 4.78 is 41.4. The van der Waals surface area contributed by atoms with E-state index in [-0.39, 0.29) is 23.7 Å². The van der Waals surface area contributed by atoms with Crippen LogP contribution in [0.1, 0.15) is 41.2 Å². The van der Waals surface area contributed by atoms with Gasteiger partial charge in [0.25, 0.3) is 10.0 Å². The van der Waals surface area contributed by atoms with Gasteiger partial charge in [-0.05, 0) is 54.6 Å². The third kappa shape index (κ3) is 7.78. The van der Waals surface area contributed by atoms with Crippen LogP contribution in [-0.2, 0) is 32.5 Å². The SMILES string of the molecule is CN(CCc1ccccn1)C[C@@H]1C[C@H](c2ccc(CO)cc2)OC(c2cccc(NS(=O)(=O)c3ccccc3)c2)O1. The van der Waals surface area contributed by atoms with Crippen molar-refractivity contribution in [1.29, 1.82) is 0 Å². The Hall–Kier alpha value is -3.60. The predicted octanol–water partition coefficient (Wildman–Crippen LogP) is 5.09. The van der Waals surface area contributed by atoms with Crippen molar-refractivity contribution in [2.24, 2.45) is 0 Å². The van der Waals surface area contributed by atoms with Crippen molar-refractivity contribution in [3.63, 3.8) is 0 Å². The first kappa shape index (κ1) is 28.9. The van der Waals surface area contributed by atoms with Gasteiger partial charge in [-0.15, -0.1) is 0 Å². The number of sulfonamides is 1. The third-order valence-electron chi connectivity index (χ3n) is 7.07. The number of aliphatic hydroxyl groups excluding tert-OH is 1. The molecule has 0 bridgehead atoms. The summed E-state index contributed by atoms with van der Waals surface area (Å²) in [6.45, 7) is 1.50. The van der Waals surface area contributed by atoms with Crippen LogP contribution in [0.2, 0.25) is 0 Å². The van der Waals surface area contributed by atoms with Crippen LogP contribution in [0, 0.1) is 0 Å². The Balaban J connectivity index is 1.34. The molecule has 3 atom stereocenters. The summed E-state index contributed by atoms with van der Waals surface area (Å²) in [7, 11) is -1.67. The van der Waals surface area contributed by atoms with Gasteiger partial charge >= 0.3 is 0 Å². The lowest BCUT2D eigenvalue weighted by atomic mass is 9.99. The molecule has 0 aliphatic carbocycles. The van der Waals surface area contributed by atoms with Crippen molar-refractivity contribution in [1.82, 2.24) is 9.88 Å². The molecule has 1 saturated heterocycles. The molecule has 5 rings (SSSR count). The number of nitrogens with one attached hydrogen (secondary N) is 1. The molecule has 2 N–H and O–H groups in total. The van der Waals surface area contributed by atoms with Crippen LogP contribution in [0.4, 0.5) is 5.69 Å². The van der Waals surface area contributed by atoms with Crippen LogP contribution in [0.3, 0.4) is 0 Å². The van der Waals surface area contributed by atoms with E-state index in [1.807, 2.05) is 54.7 Å². The van der Waals surface area contributed by atoms with Gasteiger partial charge in [0.05, 0.1) is 23.7 Å². The molecule has 8 nitrogen and oxygen atoms in total. The molecule has 9 heteroatoms. The second-order valence-electron chi connectivity index (χ2n) is 10.2. The van der Waals surface area contributed by atoms with Gasteiger partial charge in [-0.2, -0.15) is 0 Å². The first-order valence-electron chi connectivity index (χ1n) is 13.7. The largest absolute Gasteiger partial charge is 0.392 e. The number of rotatable bonds is 11. The van der Waals surface area contributed by atoms with E-state index in [0.29, 0.717) is 18.7 Å². The molecule has 2 heterocycles. The molecule has 0 spiro atoms. The highest BCUT2D eigenvalue weighted by molar-refractivity contribution is 7.92. The quantitative estimate of drug-likeness (QED) is 0.258. The molecule has 4 aromatic rings. The minimum Gasteiger partial charge on any atom is -0.392 e. The Morgan fingerprint density at radius 2 is 1.71 bits per heavy atom. The van der Waals surface area contributed by atoms with Crippen LogP contribution in [-0.4, -0.2) is 49.6 Å². The first-order chi connectivity index (χ1) is 19.9. The number of benzene rings is 3. The topological polar surface area (TPSA) is 101 Å². The summed E-state index contributed by atoms with van der Waals surface area (Å²) in [6, 6.07) is 29.1. The summed E-state index contributed by atoms with van der Waals surface area (Å²) in [5.74, 6) is 0. The molecule has 1 aliphatic heterocycles. The summed E-state index contributed by atoms with van der Waals surface area (Å²) >= 11 is 0. The summed E-state index contributed by atoms with van der Waals surface area (Å²) in [5, 5.41) is 9.47. The highest BCUT2D eigenvalue weighted by Gasteiger charge is 2.33. The van der Waals surface area contributed by atoms with E-state index in [1.165, 1.54) is 0 Å². The Morgan fingerprint density at radius 3 is 2.44 bits per heavy atom. The van der Waals surface area contributed by atoms with Gasteiger partial charge in [0.2, 0.25) is 0 Å². The average Bonchev–Trinajstić information content (AvgIpc) is 3.01. The smallest absolute Gasteiger partial charge is 0.261 e. The van der Waals surface area contributed by atoms with E-state index in [0.717, 1.165) is 35.3 Å². The van der Waals surface area contributed by atoms with Gasteiger partial charge in [0.15, 0.2) is 6.29 Å². The van der Waals surface area contributed by atoms with Crippen molar-refractivity contribution >= 4 is 15.7 Å². The predicted molar refractivity (Wildman–Crippen MR) is 158 cm³/mol. The maximum absolute atomic E-state index is 12.9. The molecule has 1 aromatic heterocycles. The zero-order valence-corrected chi connectivity index (χ0v) is 23.8. The number of likely N-dealkylation sites (N-methyl/N-ethyl adjacent to an activating group) is 1. The van der Waals surface area contributed by atoms with E-state index >= 15 is 0 Å². The molecule has 0 radical (unpaired) electrons. The number of pyridine rings is 1. The number of hydrogen-bond acceptors (Lipinski definition) is 7. The zero-order valence-electron chi connectivity index (χ0n) is 23.0. The highest BCUT2D eigenvalue weighted by atomic mass is 32.2. The molecule has 1 fully saturated rings.